The summed E-state index contributed by atoms with van der Waals surface area (Å²) in [4.78, 5) is 1.47. The molecule has 1 heterocycles. The van der Waals surface area contributed by atoms with Gasteiger partial charge in [-0.3, -0.25) is 0 Å². The largest absolute Gasteiger partial charge is 0.383 e. The molecule has 0 saturated heterocycles. The Morgan fingerprint density at radius 1 is 1.47 bits per heavy atom. The SMILES string of the molecule is COCCNCC(C)(C)Cc1cccs1. The first kappa shape index (κ1) is 12.7. The van der Waals surface area contributed by atoms with E-state index in [4.69, 9.17) is 4.74 Å². The van der Waals surface area contributed by atoms with Gasteiger partial charge in [0.2, 0.25) is 0 Å². The van der Waals surface area contributed by atoms with Crippen molar-refractivity contribution in [1.29, 1.82) is 0 Å². The van der Waals surface area contributed by atoms with Gasteiger partial charge in [0.15, 0.2) is 0 Å². The lowest BCUT2D eigenvalue weighted by atomic mass is 9.88. The van der Waals surface area contributed by atoms with E-state index in [0.717, 1.165) is 26.1 Å². The Bertz CT molecular complexity index is 257. The molecule has 0 aliphatic rings. The fraction of sp³-hybridized carbons (Fsp3) is 0.667. The van der Waals surface area contributed by atoms with Crippen molar-refractivity contribution in [2.45, 2.75) is 20.3 Å². The number of hydrogen-bond acceptors (Lipinski definition) is 3. The van der Waals surface area contributed by atoms with Crippen LogP contribution in [0.5, 0.6) is 0 Å². The first-order valence-corrected chi connectivity index (χ1v) is 6.24. The second-order valence-corrected chi connectivity index (χ2v) is 5.62. The molecule has 0 saturated carbocycles. The van der Waals surface area contributed by atoms with Crippen molar-refractivity contribution in [2.24, 2.45) is 5.41 Å². The summed E-state index contributed by atoms with van der Waals surface area (Å²) in [7, 11) is 1.73. The second kappa shape index (κ2) is 6.26. The predicted molar refractivity (Wildman–Crippen MR) is 66.5 cm³/mol. The van der Waals surface area contributed by atoms with E-state index in [1.54, 1.807) is 7.11 Å². The van der Waals surface area contributed by atoms with Crippen molar-refractivity contribution in [2.75, 3.05) is 26.8 Å². The van der Waals surface area contributed by atoms with Gasteiger partial charge in [0.1, 0.15) is 0 Å². The highest BCUT2D eigenvalue weighted by Gasteiger charge is 2.18. The maximum absolute atomic E-state index is 5.00. The predicted octanol–water partition coefficient (Wildman–Crippen LogP) is 2.55. The maximum atomic E-state index is 5.00. The molecule has 0 aliphatic heterocycles. The Hall–Kier alpha value is -0.380. The number of rotatable bonds is 7. The lowest BCUT2D eigenvalue weighted by Crippen LogP contribution is -2.32. The Labute approximate surface area is 96.7 Å². The third kappa shape index (κ3) is 5.30. The van der Waals surface area contributed by atoms with E-state index < -0.39 is 0 Å². The molecule has 0 fully saturated rings. The molecule has 0 atom stereocenters. The van der Waals surface area contributed by atoms with E-state index in [9.17, 15) is 0 Å². The molecule has 1 aromatic heterocycles. The van der Waals surface area contributed by atoms with Crippen LogP contribution in [0, 0.1) is 5.41 Å². The highest BCUT2D eigenvalue weighted by molar-refractivity contribution is 7.09. The molecule has 0 aliphatic carbocycles. The van der Waals surface area contributed by atoms with Gasteiger partial charge in [0.05, 0.1) is 6.61 Å². The van der Waals surface area contributed by atoms with Gasteiger partial charge in [-0.2, -0.15) is 0 Å². The molecule has 0 unspecified atom stereocenters. The maximum Gasteiger partial charge on any atom is 0.0587 e. The molecule has 0 radical (unpaired) electrons. The summed E-state index contributed by atoms with van der Waals surface area (Å²) in [6, 6.07) is 4.33. The van der Waals surface area contributed by atoms with Crippen molar-refractivity contribution < 1.29 is 4.74 Å². The van der Waals surface area contributed by atoms with Crippen molar-refractivity contribution in [3.8, 4) is 0 Å². The monoisotopic (exact) mass is 227 g/mol. The Balaban J connectivity index is 2.25. The average Bonchev–Trinajstić information content (AvgIpc) is 2.64. The molecule has 1 aromatic rings. The van der Waals surface area contributed by atoms with E-state index >= 15 is 0 Å². The zero-order valence-corrected chi connectivity index (χ0v) is 10.7. The highest BCUT2D eigenvalue weighted by Crippen LogP contribution is 2.23. The number of hydrogen-bond donors (Lipinski definition) is 1. The third-order valence-corrected chi connectivity index (χ3v) is 3.20. The van der Waals surface area contributed by atoms with Crippen molar-refractivity contribution in [1.82, 2.24) is 5.32 Å². The van der Waals surface area contributed by atoms with E-state index in [-0.39, 0.29) is 0 Å². The fourth-order valence-corrected chi connectivity index (χ4v) is 2.51. The normalized spacial score (nSPS) is 11.9. The smallest absolute Gasteiger partial charge is 0.0587 e. The molecule has 3 heteroatoms. The Morgan fingerprint density at radius 2 is 2.27 bits per heavy atom. The molecule has 0 bridgehead atoms. The minimum Gasteiger partial charge on any atom is -0.383 e. The number of methoxy groups -OCH3 is 1. The van der Waals surface area contributed by atoms with Crippen LogP contribution in [0.25, 0.3) is 0 Å². The summed E-state index contributed by atoms with van der Waals surface area (Å²) < 4.78 is 5.00. The molecule has 0 amide bonds. The molecular formula is C12H21NOS. The molecule has 0 spiro atoms. The van der Waals surface area contributed by atoms with Crippen LogP contribution < -0.4 is 5.32 Å². The Kier molecular flexibility index (Phi) is 5.29. The highest BCUT2D eigenvalue weighted by atomic mass is 32.1. The second-order valence-electron chi connectivity index (χ2n) is 4.59. The number of ether oxygens (including phenoxy) is 1. The van der Waals surface area contributed by atoms with Gasteiger partial charge in [-0.25, -0.2) is 0 Å². The first-order chi connectivity index (χ1) is 7.14. The van der Waals surface area contributed by atoms with Gasteiger partial charge in [-0.1, -0.05) is 19.9 Å². The zero-order valence-electron chi connectivity index (χ0n) is 9.88. The fourth-order valence-electron chi connectivity index (χ4n) is 1.55. The van der Waals surface area contributed by atoms with Crippen LogP contribution in [0.4, 0.5) is 0 Å². The van der Waals surface area contributed by atoms with Crippen LogP contribution in [0.2, 0.25) is 0 Å². The minimum atomic E-state index is 0.318. The lowest BCUT2D eigenvalue weighted by Gasteiger charge is -2.24. The van der Waals surface area contributed by atoms with Crippen LogP contribution in [0.3, 0.4) is 0 Å². The van der Waals surface area contributed by atoms with Gasteiger partial charge < -0.3 is 10.1 Å². The van der Waals surface area contributed by atoms with Gasteiger partial charge in [0, 0.05) is 25.1 Å². The number of thiophene rings is 1. The van der Waals surface area contributed by atoms with Crippen LogP contribution in [0.15, 0.2) is 17.5 Å². The summed E-state index contributed by atoms with van der Waals surface area (Å²) in [6.45, 7) is 7.35. The molecule has 2 nitrogen and oxygen atoms in total. The topological polar surface area (TPSA) is 21.3 Å². The molecule has 0 aromatic carbocycles. The third-order valence-electron chi connectivity index (χ3n) is 2.32. The molecule has 86 valence electrons. The average molecular weight is 227 g/mol. The van der Waals surface area contributed by atoms with Crippen LogP contribution in [0.1, 0.15) is 18.7 Å². The summed E-state index contributed by atoms with van der Waals surface area (Å²) in [5.41, 5.74) is 0.318. The standard InChI is InChI=1S/C12H21NOS/c1-12(2,10-13-6-7-14-3)9-11-5-4-8-15-11/h4-5,8,13H,6-7,9-10H2,1-3H3. The first-order valence-electron chi connectivity index (χ1n) is 5.36. The molecule has 1 rings (SSSR count). The van der Waals surface area contributed by atoms with Crippen LogP contribution in [-0.4, -0.2) is 26.8 Å². The molecular weight excluding hydrogens is 206 g/mol. The van der Waals surface area contributed by atoms with Crippen molar-refractivity contribution in [3.63, 3.8) is 0 Å². The van der Waals surface area contributed by atoms with Crippen LogP contribution >= 0.6 is 11.3 Å². The zero-order chi connectivity index (χ0) is 11.1. The van der Waals surface area contributed by atoms with Crippen molar-refractivity contribution >= 4 is 11.3 Å². The lowest BCUT2D eigenvalue weighted by molar-refractivity contribution is 0.194. The number of nitrogens with one attached hydrogen (secondary N) is 1. The summed E-state index contributed by atoms with van der Waals surface area (Å²) in [5, 5.41) is 5.56. The molecule has 15 heavy (non-hydrogen) atoms. The Morgan fingerprint density at radius 3 is 2.87 bits per heavy atom. The van der Waals surface area contributed by atoms with Gasteiger partial charge in [0.25, 0.3) is 0 Å². The quantitative estimate of drug-likeness (QED) is 0.723. The summed E-state index contributed by atoms with van der Waals surface area (Å²) in [5.74, 6) is 0. The van der Waals surface area contributed by atoms with Gasteiger partial charge in [-0.05, 0) is 23.3 Å². The van der Waals surface area contributed by atoms with E-state index in [2.05, 4.69) is 36.7 Å². The molecule has 1 N–H and O–H groups in total. The summed E-state index contributed by atoms with van der Waals surface area (Å²) >= 11 is 1.84. The van der Waals surface area contributed by atoms with E-state index in [1.165, 1.54) is 4.88 Å². The van der Waals surface area contributed by atoms with Crippen LogP contribution in [-0.2, 0) is 11.2 Å². The summed E-state index contributed by atoms with van der Waals surface area (Å²) in [6.07, 6.45) is 1.14. The van der Waals surface area contributed by atoms with E-state index in [0.29, 0.717) is 5.41 Å². The van der Waals surface area contributed by atoms with E-state index in [1.807, 2.05) is 11.3 Å². The van der Waals surface area contributed by atoms with Gasteiger partial charge >= 0.3 is 0 Å². The van der Waals surface area contributed by atoms with Crippen molar-refractivity contribution in [3.05, 3.63) is 22.4 Å². The minimum absolute atomic E-state index is 0.318. The van der Waals surface area contributed by atoms with Gasteiger partial charge in [-0.15, -0.1) is 11.3 Å².